The van der Waals surface area contributed by atoms with E-state index < -0.39 is 5.41 Å². The van der Waals surface area contributed by atoms with Crippen LogP contribution in [0.5, 0.6) is 11.6 Å². The van der Waals surface area contributed by atoms with Crippen molar-refractivity contribution in [2.45, 2.75) is 26.2 Å². The summed E-state index contributed by atoms with van der Waals surface area (Å²) < 4.78 is 6.32. The summed E-state index contributed by atoms with van der Waals surface area (Å²) in [6, 6.07) is 6.12. The molecule has 0 saturated carbocycles. The van der Waals surface area contributed by atoms with Gasteiger partial charge in [-0.05, 0) is 18.2 Å². The molecule has 21 heavy (non-hydrogen) atoms. The summed E-state index contributed by atoms with van der Waals surface area (Å²) >= 11 is 11.9. The van der Waals surface area contributed by atoms with E-state index in [1.54, 1.807) is 18.2 Å². The second-order valence-corrected chi connectivity index (χ2v) is 6.39. The van der Waals surface area contributed by atoms with Crippen molar-refractivity contribution < 1.29 is 9.94 Å². The number of benzene rings is 1. The molecule has 0 fully saturated rings. The van der Waals surface area contributed by atoms with Crippen molar-refractivity contribution in [1.82, 2.24) is 9.71 Å². The van der Waals surface area contributed by atoms with Crippen LogP contribution in [0.15, 0.2) is 24.3 Å². The number of aromatic nitrogens is 2. The topological polar surface area (TPSA) is 71.1 Å². The second-order valence-electron chi connectivity index (χ2n) is 5.54. The summed E-state index contributed by atoms with van der Waals surface area (Å²) in [4.78, 5) is 4.24. The zero-order valence-corrected chi connectivity index (χ0v) is 13.3. The zero-order chi connectivity index (χ0) is 15.8. The van der Waals surface area contributed by atoms with Gasteiger partial charge in [0.05, 0.1) is 5.02 Å². The number of halogens is 2. The molecule has 5 nitrogen and oxygen atoms in total. The van der Waals surface area contributed by atoms with Crippen LogP contribution in [0.4, 0.5) is 0 Å². The summed E-state index contributed by atoms with van der Waals surface area (Å²) in [5.41, 5.74) is -0.580. The lowest BCUT2D eigenvalue weighted by atomic mass is 9.96. The van der Waals surface area contributed by atoms with Crippen molar-refractivity contribution in [3.05, 3.63) is 45.6 Å². The number of rotatable bonds is 2. The molecule has 0 aliphatic carbocycles. The molecule has 0 atom stereocenters. The lowest BCUT2D eigenvalue weighted by Crippen LogP contribution is -2.29. The van der Waals surface area contributed by atoms with Gasteiger partial charge in [0.2, 0.25) is 5.88 Å². The van der Waals surface area contributed by atoms with Gasteiger partial charge < -0.3 is 9.94 Å². The molecule has 2 aromatic rings. The van der Waals surface area contributed by atoms with E-state index in [2.05, 4.69) is 4.98 Å². The first-order chi connectivity index (χ1) is 9.68. The Morgan fingerprint density at radius 1 is 1.24 bits per heavy atom. The molecule has 0 unspecified atom stereocenters. The molecule has 1 heterocycles. The van der Waals surface area contributed by atoms with Crippen molar-refractivity contribution in [3.63, 3.8) is 0 Å². The fraction of sp³-hybridized carbons (Fsp3) is 0.286. The highest BCUT2D eigenvalue weighted by Gasteiger charge is 2.22. The molecule has 0 spiro atoms. The highest BCUT2D eigenvalue weighted by molar-refractivity contribution is 6.35. The van der Waals surface area contributed by atoms with Gasteiger partial charge in [0, 0.05) is 16.5 Å². The van der Waals surface area contributed by atoms with Gasteiger partial charge >= 0.3 is 0 Å². The van der Waals surface area contributed by atoms with Gasteiger partial charge in [-0.3, -0.25) is 5.41 Å². The third kappa shape index (κ3) is 3.49. The molecule has 2 N–H and O–H groups in total. The van der Waals surface area contributed by atoms with Crippen LogP contribution in [0.2, 0.25) is 10.0 Å². The summed E-state index contributed by atoms with van der Waals surface area (Å²) in [5.74, 6) is 0.873. The van der Waals surface area contributed by atoms with E-state index in [-0.39, 0.29) is 11.4 Å². The molecule has 0 amide bonds. The molecule has 0 radical (unpaired) electrons. The molecule has 1 aromatic carbocycles. The normalized spacial score (nSPS) is 11.5. The van der Waals surface area contributed by atoms with Crippen molar-refractivity contribution in [2.24, 2.45) is 0 Å². The van der Waals surface area contributed by atoms with Crippen LogP contribution in [-0.2, 0) is 5.41 Å². The van der Waals surface area contributed by atoms with Crippen LogP contribution >= 0.6 is 23.2 Å². The minimum atomic E-state index is -0.451. The average molecular weight is 328 g/mol. The summed E-state index contributed by atoms with van der Waals surface area (Å²) in [7, 11) is 0. The van der Waals surface area contributed by atoms with Crippen LogP contribution in [0, 0.1) is 5.41 Å². The van der Waals surface area contributed by atoms with Crippen molar-refractivity contribution in [1.29, 1.82) is 5.41 Å². The monoisotopic (exact) mass is 327 g/mol. The summed E-state index contributed by atoms with van der Waals surface area (Å²) in [5, 5.41) is 18.5. The number of hydrogen-bond acceptors (Lipinski definition) is 4. The largest absolute Gasteiger partial charge is 0.437 e. The summed E-state index contributed by atoms with van der Waals surface area (Å²) in [6.07, 6.45) is 0. The number of hydrogen-bond donors (Lipinski definition) is 2. The molecular weight excluding hydrogens is 313 g/mol. The van der Waals surface area contributed by atoms with Crippen LogP contribution in [0.1, 0.15) is 26.6 Å². The molecule has 0 saturated heterocycles. The second kappa shape index (κ2) is 5.58. The van der Waals surface area contributed by atoms with Gasteiger partial charge in [0.25, 0.3) is 0 Å². The Hall–Kier alpha value is -1.72. The maximum absolute atomic E-state index is 9.88. The van der Waals surface area contributed by atoms with E-state index in [1.807, 2.05) is 20.8 Å². The maximum Gasteiger partial charge on any atom is 0.224 e. The van der Waals surface area contributed by atoms with E-state index in [1.165, 1.54) is 6.07 Å². The van der Waals surface area contributed by atoms with Gasteiger partial charge in [0.15, 0.2) is 11.3 Å². The highest BCUT2D eigenvalue weighted by atomic mass is 35.5. The maximum atomic E-state index is 9.88. The number of nitrogens with zero attached hydrogens (tertiary/aromatic N) is 2. The van der Waals surface area contributed by atoms with Gasteiger partial charge in [-0.2, -0.15) is 9.71 Å². The Morgan fingerprint density at radius 3 is 2.48 bits per heavy atom. The predicted molar refractivity (Wildman–Crippen MR) is 80.5 cm³/mol. The van der Waals surface area contributed by atoms with Crippen LogP contribution in [0.3, 0.4) is 0 Å². The Morgan fingerprint density at radius 2 is 1.90 bits per heavy atom. The highest BCUT2D eigenvalue weighted by Crippen LogP contribution is 2.31. The molecule has 2 rings (SSSR count). The first-order valence-corrected chi connectivity index (χ1v) is 6.95. The molecule has 0 bridgehead atoms. The fourth-order valence-corrected chi connectivity index (χ4v) is 2.13. The molecule has 1 aromatic heterocycles. The third-order valence-electron chi connectivity index (χ3n) is 2.68. The Labute approximate surface area is 132 Å². The first-order valence-electron chi connectivity index (χ1n) is 6.20. The van der Waals surface area contributed by atoms with Crippen LogP contribution in [-0.4, -0.2) is 14.9 Å². The van der Waals surface area contributed by atoms with Crippen molar-refractivity contribution in [3.8, 4) is 11.6 Å². The quantitative estimate of drug-likeness (QED) is 0.819. The number of nitrogens with one attached hydrogen (secondary N) is 1. The lowest BCUT2D eigenvalue weighted by molar-refractivity contribution is 0.142. The Kier molecular flexibility index (Phi) is 4.16. The van der Waals surface area contributed by atoms with Gasteiger partial charge in [0.1, 0.15) is 5.75 Å². The molecule has 112 valence electrons. The Balaban J connectivity index is 2.46. The minimum Gasteiger partial charge on any atom is -0.437 e. The SMILES string of the molecule is CC(C)(C)c1nc(Oc2ccc(Cl)cc2Cl)cc(=N)n1O. The van der Waals surface area contributed by atoms with Crippen LogP contribution < -0.4 is 10.2 Å². The number of ether oxygens (including phenoxy) is 1. The van der Waals surface area contributed by atoms with E-state index in [9.17, 15) is 5.21 Å². The molecule has 0 aliphatic rings. The van der Waals surface area contributed by atoms with E-state index in [0.717, 1.165) is 4.73 Å². The van der Waals surface area contributed by atoms with Crippen LogP contribution in [0.25, 0.3) is 0 Å². The smallest absolute Gasteiger partial charge is 0.224 e. The zero-order valence-electron chi connectivity index (χ0n) is 11.8. The molecule has 0 aliphatic heterocycles. The molecule has 7 heteroatoms. The standard InChI is InChI=1S/C14H15Cl2N3O2/c1-14(2,3)13-18-12(7-11(17)19(13)20)21-10-5-4-8(15)6-9(10)16/h4-7,17,20H,1-3H3. The summed E-state index contributed by atoms with van der Waals surface area (Å²) in [6.45, 7) is 5.63. The van der Waals surface area contributed by atoms with Gasteiger partial charge in [-0.15, -0.1) is 0 Å². The van der Waals surface area contributed by atoms with E-state index in [4.69, 9.17) is 33.3 Å². The van der Waals surface area contributed by atoms with Crippen molar-refractivity contribution >= 4 is 23.2 Å². The van der Waals surface area contributed by atoms with Gasteiger partial charge in [-0.25, -0.2) is 0 Å². The van der Waals surface area contributed by atoms with Gasteiger partial charge in [-0.1, -0.05) is 44.0 Å². The third-order valence-corrected chi connectivity index (χ3v) is 3.21. The predicted octanol–water partition coefficient (Wildman–Crippen LogP) is 4.00. The average Bonchev–Trinajstić information content (AvgIpc) is 2.35. The van der Waals surface area contributed by atoms with Crippen molar-refractivity contribution in [2.75, 3.05) is 0 Å². The first kappa shape index (κ1) is 15.7. The van der Waals surface area contributed by atoms with E-state index in [0.29, 0.717) is 21.6 Å². The molecular formula is C14H15Cl2N3O2. The fourth-order valence-electron chi connectivity index (χ4n) is 1.68. The Bertz CT molecular complexity index is 736. The lowest BCUT2D eigenvalue weighted by Gasteiger charge is -2.20. The minimum absolute atomic E-state index is 0.130. The van der Waals surface area contributed by atoms with E-state index >= 15 is 0 Å².